The molecule has 3 rings (SSSR count). The average Bonchev–Trinajstić information content (AvgIpc) is 2.46. The number of methoxy groups -OCH3 is 1. The highest BCUT2D eigenvalue weighted by Crippen LogP contribution is 2.51. The van der Waals surface area contributed by atoms with Crippen LogP contribution < -0.4 is 5.73 Å². The highest BCUT2D eigenvalue weighted by Gasteiger charge is 2.52. The molecule has 4 nitrogen and oxygen atoms in total. The lowest BCUT2D eigenvalue weighted by Crippen LogP contribution is -2.58. The van der Waals surface area contributed by atoms with Gasteiger partial charge < -0.3 is 15.4 Å². The number of benzene rings is 1. The number of amides is 1. The van der Waals surface area contributed by atoms with E-state index in [0.717, 1.165) is 18.7 Å². The maximum atomic E-state index is 11.5. The Bertz CT molecular complexity index is 529. The first-order valence-electron chi connectivity index (χ1n) is 7.72. The number of hydrogen-bond acceptors (Lipinski definition) is 3. The molecule has 0 radical (unpaired) electrons. The highest BCUT2D eigenvalue weighted by molar-refractivity contribution is 5.92. The monoisotopic (exact) mass is 288 g/mol. The number of fused-ring (bicyclic) bond motifs is 2. The lowest BCUT2D eigenvalue weighted by molar-refractivity contribution is -0.165. The molecule has 1 saturated heterocycles. The standard InChI is InChI=1S/C17H24N2O2/c1-19-10-14-7-4-8-15(11-19)17(14,21-2)13-6-3-5-12(9-13)16(18)20/h3,5-6,9,14-15H,4,7-8,10-11H2,1-2H3,(H2,18,20)/t14-,15+,17+. The SMILES string of the molecule is CO[C@@]1(c2cccc(C(N)=O)c2)[C@@H]2CCC[C@H]1CN(C)C2. The molecule has 3 atom stereocenters. The molecule has 0 aromatic heterocycles. The molecule has 0 spiro atoms. The smallest absolute Gasteiger partial charge is 0.248 e. The number of piperidine rings is 1. The first-order valence-corrected chi connectivity index (χ1v) is 7.72. The van der Waals surface area contributed by atoms with E-state index in [2.05, 4.69) is 18.0 Å². The Morgan fingerprint density at radius 3 is 2.57 bits per heavy atom. The van der Waals surface area contributed by atoms with Crippen LogP contribution in [0.2, 0.25) is 0 Å². The van der Waals surface area contributed by atoms with Gasteiger partial charge in [0.1, 0.15) is 5.60 Å². The Morgan fingerprint density at radius 1 is 1.33 bits per heavy atom. The molecular formula is C17H24N2O2. The van der Waals surface area contributed by atoms with Crippen molar-refractivity contribution in [3.05, 3.63) is 35.4 Å². The zero-order valence-corrected chi connectivity index (χ0v) is 12.8. The van der Waals surface area contributed by atoms with Gasteiger partial charge in [-0.1, -0.05) is 18.6 Å². The molecule has 2 aliphatic rings. The molecule has 1 aliphatic heterocycles. The van der Waals surface area contributed by atoms with Gasteiger partial charge in [0, 0.05) is 37.6 Å². The summed E-state index contributed by atoms with van der Waals surface area (Å²) in [4.78, 5) is 13.9. The summed E-state index contributed by atoms with van der Waals surface area (Å²) in [5.74, 6) is 0.576. The minimum Gasteiger partial charge on any atom is -0.373 e. The number of hydrogen-bond donors (Lipinski definition) is 1. The van der Waals surface area contributed by atoms with E-state index in [4.69, 9.17) is 10.5 Å². The predicted molar refractivity (Wildman–Crippen MR) is 82.0 cm³/mol. The van der Waals surface area contributed by atoms with Crippen LogP contribution in [0.5, 0.6) is 0 Å². The molecule has 1 amide bonds. The highest BCUT2D eigenvalue weighted by atomic mass is 16.5. The Morgan fingerprint density at radius 2 is 2.00 bits per heavy atom. The summed E-state index contributed by atoms with van der Waals surface area (Å²) in [7, 11) is 4.00. The summed E-state index contributed by atoms with van der Waals surface area (Å²) in [6.07, 6.45) is 3.62. The molecule has 1 aliphatic carbocycles. The average molecular weight is 288 g/mol. The largest absolute Gasteiger partial charge is 0.373 e. The number of carbonyl (C=O) groups excluding carboxylic acids is 1. The molecule has 1 saturated carbocycles. The number of ether oxygens (including phenoxy) is 1. The fourth-order valence-electron chi connectivity index (χ4n) is 4.49. The summed E-state index contributed by atoms with van der Waals surface area (Å²) in [6, 6.07) is 7.72. The molecule has 1 aromatic carbocycles. The van der Waals surface area contributed by atoms with Gasteiger partial charge in [-0.3, -0.25) is 4.79 Å². The van der Waals surface area contributed by atoms with Crippen molar-refractivity contribution in [3.8, 4) is 0 Å². The third-order valence-corrected chi connectivity index (χ3v) is 5.32. The van der Waals surface area contributed by atoms with E-state index >= 15 is 0 Å². The lowest BCUT2D eigenvalue weighted by Gasteiger charge is -2.54. The molecule has 1 aromatic rings. The number of primary amides is 1. The number of carbonyl (C=O) groups is 1. The first-order chi connectivity index (χ1) is 10.1. The summed E-state index contributed by atoms with van der Waals surface area (Å²) in [5.41, 5.74) is 6.86. The summed E-state index contributed by atoms with van der Waals surface area (Å²) in [6.45, 7) is 2.09. The van der Waals surface area contributed by atoms with E-state index in [1.54, 1.807) is 6.07 Å². The van der Waals surface area contributed by atoms with Crippen molar-refractivity contribution in [2.75, 3.05) is 27.2 Å². The van der Waals surface area contributed by atoms with E-state index in [-0.39, 0.29) is 11.5 Å². The van der Waals surface area contributed by atoms with Gasteiger partial charge in [0.25, 0.3) is 0 Å². The van der Waals surface area contributed by atoms with Crippen molar-refractivity contribution < 1.29 is 9.53 Å². The fraction of sp³-hybridized carbons (Fsp3) is 0.588. The van der Waals surface area contributed by atoms with Crippen molar-refractivity contribution >= 4 is 5.91 Å². The zero-order valence-electron chi connectivity index (χ0n) is 12.8. The summed E-state index contributed by atoms with van der Waals surface area (Å²) < 4.78 is 6.14. The van der Waals surface area contributed by atoms with Crippen LogP contribution in [0.25, 0.3) is 0 Å². The van der Waals surface area contributed by atoms with Crippen molar-refractivity contribution in [2.24, 2.45) is 17.6 Å². The van der Waals surface area contributed by atoms with Gasteiger partial charge in [-0.2, -0.15) is 0 Å². The van der Waals surface area contributed by atoms with Crippen LogP contribution in [0.3, 0.4) is 0 Å². The normalized spacial score (nSPS) is 32.9. The summed E-state index contributed by atoms with van der Waals surface area (Å²) in [5, 5.41) is 0. The molecule has 2 bridgehead atoms. The second kappa shape index (κ2) is 5.43. The molecule has 1 heterocycles. The molecule has 4 heteroatoms. The van der Waals surface area contributed by atoms with Crippen LogP contribution in [-0.2, 0) is 10.3 Å². The predicted octanol–water partition coefficient (Wildman–Crippen LogP) is 1.99. The molecule has 0 unspecified atom stereocenters. The Labute approximate surface area is 126 Å². The summed E-state index contributed by atoms with van der Waals surface area (Å²) >= 11 is 0. The van der Waals surface area contributed by atoms with E-state index in [1.165, 1.54) is 19.3 Å². The van der Waals surface area contributed by atoms with Crippen LogP contribution in [-0.4, -0.2) is 38.1 Å². The Balaban J connectivity index is 2.07. The third-order valence-electron chi connectivity index (χ3n) is 5.32. The number of rotatable bonds is 3. The molecule has 2 fully saturated rings. The number of nitrogens with zero attached hydrogens (tertiary/aromatic N) is 1. The topological polar surface area (TPSA) is 55.6 Å². The second-order valence-electron chi connectivity index (χ2n) is 6.49. The maximum Gasteiger partial charge on any atom is 0.248 e. The van der Waals surface area contributed by atoms with Crippen LogP contribution in [0, 0.1) is 11.8 Å². The van der Waals surface area contributed by atoms with E-state index in [0.29, 0.717) is 17.4 Å². The Kier molecular flexibility index (Phi) is 3.76. The van der Waals surface area contributed by atoms with Gasteiger partial charge in [0.05, 0.1) is 0 Å². The van der Waals surface area contributed by atoms with E-state index < -0.39 is 0 Å². The van der Waals surface area contributed by atoms with Gasteiger partial charge in [-0.05, 0) is 37.6 Å². The van der Waals surface area contributed by atoms with Crippen molar-refractivity contribution in [2.45, 2.75) is 24.9 Å². The van der Waals surface area contributed by atoms with Gasteiger partial charge >= 0.3 is 0 Å². The van der Waals surface area contributed by atoms with Gasteiger partial charge in [0.2, 0.25) is 5.91 Å². The maximum absolute atomic E-state index is 11.5. The first kappa shape index (κ1) is 14.5. The molecular weight excluding hydrogens is 264 g/mol. The van der Waals surface area contributed by atoms with Gasteiger partial charge in [0.15, 0.2) is 0 Å². The molecule has 114 valence electrons. The Hall–Kier alpha value is -1.39. The van der Waals surface area contributed by atoms with Crippen LogP contribution in [0.15, 0.2) is 24.3 Å². The van der Waals surface area contributed by atoms with E-state index in [9.17, 15) is 4.79 Å². The van der Waals surface area contributed by atoms with Crippen LogP contribution in [0.1, 0.15) is 35.2 Å². The van der Waals surface area contributed by atoms with Crippen molar-refractivity contribution in [1.82, 2.24) is 4.90 Å². The van der Waals surface area contributed by atoms with Crippen LogP contribution in [0.4, 0.5) is 0 Å². The zero-order chi connectivity index (χ0) is 15.0. The molecule has 2 N–H and O–H groups in total. The van der Waals surface area contributed by atoms with Gasteiger partial charge in [-0.15, -0.1) is 0 Å². The minimum absolute atomic E-state index is 0.268. The molecule has 21 heavy (non-hydrogen) atoms. The number of nitrogens with two attached hydrogens (primary N) is 1. The van der Waals surface area contributed by atoms with Crippen molar-refractivity contribution in [1.29, 1.82) is 0 Å². The van der Waals surface area contributed by atoms with Crippen LogP contribution >= 0.6 is 0 Å². The number of likely N-dealkylation sites (tertiary alicyclic amines) is 1. The third kappa shape index (κ3) is 2.27. The second-order valence-corrected chi connectivity index (χ2v) is 6.49. The van der Waals surface area contributed by atoms with Crippen molar-refractivity contribution in [3.63, 3.8) is 0 Å². The van der Waals surface area contributed by atoms with E-state index in [1.807, 2.05) is 19.2 Å². The lowest BCUT2D eigenvalue weighted by atomic mass is 9.62. The fourth-order valence-corrected chi connectivity index (χ4v) is 4.49. The quantitative estimate of drug-likeness (QED) is 0.925. The minimum atomic E-state index is -0.374. The van der Waals surface area contributed by atoms with Gasteiger partial charge in [-0.25, -0.2) is 0 Å².